The van der Waals surface area contributed by atoms with Crippen LogP contribution in [0.1, 0.15) is 76.5 Å². The molecular weight excluding hydrogens is 767 g/mol. The van der Waals surface area contributed by atoms with Crippen LogP contribution in [-0.4, -0.2) is 93.4 Å². The maximum atomic E-state index is 12.3. The average Bonchev–Trinajstić information content (AvgIpc) is 3.73. The molecule has 0 radical (unpaired) electrons. The Balaban J connectivity index is 0. The summed E-state index contributed by atoms with van der Waals surface area (Å²) in [5.74, 6) is -1.97. The van der Waals surface area contributed by atoms with E-state index in [1.54, 1.807) is 22.6 Å². The van der Waals surface area contributed by atoms with E-state index in [0.717, 1.165) is 61.4 Å². The molecule has 1 saturated carbocycles. The first-order valence-corrected chi connectivity index (χ1v) is 19.6. The molecule has 0 heterocycles. The van der Waals surface area contributed by atoms with Gasteiger partial charge >= 0.3 is 0 Å². The standard InChI is InChI=1S/C21H33N3O5.C10H13NO.C7H6F2O.C3H8.C2H7NP/c1-4-8-15(5-2)12-22-19(26)14-24-21(28)18(29-3)11-17(25)13-23-20(27)16-9-6-7-10-16;1-8-3-5-10(6-4-8)9(2)11-7-12;1-10-7-3-5(8)2-6(9)4-7;1-3-2;1-3(2)4/h4-5,8,16-18,25H,1-2,6-7,9-14H2,3H3,(H,22,26)(H,23,27)(H,24,28);3-7,9H,1-2H3,(H,11,12);2-4H,1H3;3H2,1-2H3;1,4H2,2H3/q;;;;+1/b15-8+;;;;. The second-order valence-electron chi connectivity index (χ2n) is 13.2. The fourth-order valence-corrected chi connectivity index (χ4v) is 4.79. The third-order valence-corrected chi connectivity index (χ3v) is 7.78. The lowest BCUT2D eigenvalue weighted by Gasteiger charge is -2.19. The monoisotopic (exact) mass is 834 g/mol. The van der Waals surface area contributed by atoms with Crippen molar-refractivity contribution >= 4 is 40.2 Å². The molecule has 2 aromatic rings. The fraction of sp³-hybridized carbons (Fsp3) is 0.465. The molecule has 2 aromatic carbocycles. The van der Waals surface area contributed by atoms with Gasteiger partial charge in [-0.15, -0.1) is 0 Å². The molecular formula is C43H67F2N5O7P+. The van der Waals surface area contributed by atoms with Crippen LogP contribution in [0.15, 0.2) is 79.4 Å². The van der Waals surface area contributed by atoms with E-state index >= 15 is 0 Å². The summed E-state index contributed by atoms with van der Waals surface area (Å²) >= 11 is 0. The zero-order valence-electron chi connectivity index (χ0n) is 35.3. The number of carbonyl (C=O) groups excluding carboxylic acids is 4. The van der Waals surface area contributed by atoms with Gasteiger partial charge in [-0.2, -0.15) is 0 Å². The van der Waals surface area contributed by atoms with Gasteiger partial charge in [0.2, 0.25) is 24.1 Å². The highest BCUT2D eigenvalue weighted by atomic mass is 31.0. The van der Waals surface area contributed by atoms with Crippen LogP contribution in [0.5, 0.6) is 5.75 Å². The first-order chi connectivity index (χ1) is 27.5. The lowest BCUT2D eigenvalue weighted by Crippen LogP contribution is -2.44. The average molecular weight is 835 g/mol. The first-order valence-electron chi connectivity index (χ1n) is 19.0. The SMILES string of the molecule is C=C/C=C(\C=C)CNC(=O)CNC(=O)C(CC(O)CNC(=O)C1CCCC1)OC.C=[N+](C)P.CCC.COc1cc(F)cc(F)c1.Cc1ccc(C(C)NC=O)cc1. The summed E-state index contributed by atoms with van der Waals surface area (Å²) in [6.07, 6.45) is 8.93. The quantitative estimate of drug-likeness (QED) is 0.0575. The van der Waals surface area contributed by atoms with Crippen molar-refractivity contribution in [1.82, 2.24) is 21.3 Å². The minimum Gasteiger partial charge on any atom is -0.497 e. The summed E-state index contributed by atoms with van der Waals surface area (Å²) in [6.45, 7) is 19.0. The number of nitrogens with zero attached hydrogens (tertiary/aromatic N) is 1. The first kappa shape index (κ1) is 55.3. The van der Waals surface area contributed by atoms with E-state index in [-0.39, 0.29) is 55.6 Å². The largest absolute Gasteiger partial charge is 0.497 e. The number of carbonyl (C=O) groups is 4. The summed E-state index contributed by atoms with van der Waals surface area (Å²) < 4.78 is 36.0. The predicted molar refractivity (Wildman–Crippen MR) is 232 cm³/mol. The number of amides is 4. The summed E-state index contributed by atoms with van der Waals surface area (Å²) in [4.78, 5) is 46.2. The van der Waals surface area contributed by atoms with E-state index in [1.807, 2.05) is 45.2 Å². The molecule has 12 nitrogen and oxygen atoms in total. The number of hydrogen-bond donors (Lipinski definition) is 5. The molecule has 1 aliphatic carbocycles. The third kappa shape index (κ3) is 28.6. The summed E-state index contributed by atoms with van der Waals surface area (Å²) in [6, 6.07) is 11.3. The van der Waals surface area contributed by atoms with Gasteiger partial charge in [-0.05, 0) is 37.8 Å². The van der Waals surface area contributed by atoms with Crippen LogP contribution in [0.3, 0.4) is 0 Å². The number of methoxy groups -OCH3 is 2. The normalized spacial score (nSPS) is 13.2. The van der Waals surface area contributed by atoms with Crippen LogP contribution in [0, 0.1) is 24.5 Å². The Morgan fingerprint density at radius 2 is 1.55 bits per heavy atom. The van der Waals surface area contributed by atoms with Crippen molar-refractivity contribution in [2.75, 3.05) is 40.9 Å². The zero-order valence-corrected chi connectivity index (χ0v) is 36.5. The second kappa shape index (κ2) is 34.3. The van der Waals surface area contributed by atoms with Gasteiger partial charge in [-0.1, -0.05) is 94.3 Å². The van der Waals surface area contributed by atoms with Gasteiger partial charge in [0.1, 0.15) is 37.3 Å². The maximum Gasteiger partial charge on any atom is 0.249 e. The Labute approximate surface area is 346 Å². The van der Waals surface area contributed by atoms with Gasteiger partial charge < -0.3 is 35.8 Å². The number of ether oxygens (including phenoxy) is 2. The van der Waals surface area contributed by atoms with Crippen LogP contribution < -0.4 is 26.0 Å². The third-order valence-electron chi connectivity index (χ3n) is 7.78. The van der Waals surface area contributed by atoms with Crippen LogP contribution in [0.2, 0.25) is 0 Å². The minimum absolute atomic E-state index is 0.0115. The number of aliphatic hydroxyl groups excluding tert-OH is 1. The van der Waals surface area contributed by atoms with Crippen molar-refractivity contribution in [3.63, 3.8) is 0 Å². The second-order valence-corrected chi connectivity index (χ2v) is 14.1. The number of halogens is 2. The number of aliphatic hydroxyl groups is 1. The molecule has 4 amide bonds. The molecule has 1 aliphatic rings. The molecule has 0 bridgehead atoms. The van der Waals surface area contributed by atoms with Crippen LogP contribution >= 0.6 is 9.39 Å². The molecule has 0 aromatic heterocycles. The van der Waals surface area contributed by atoms with Crippen molar-refractivity contribution < 1.29 is 46.9 Å². The van der Waals surface area contributed by atoms with Gasteiger partial charge in [-0.25, -0.2) is 13.1 Å². The summed E-state index contributed by atoms with van der Waals surface area (Å²) in [5, 5.41) is 20.7. The number of nitrogens with one attached hydrogen (secondary N) is 4. The predicted octanol–water partition coefficient (Wildman–Crippen LogP) is 5.90. The van der Waals surface area contributed by atoms with E-state index in [1.165, 1.54) is 26.2 Å². The number of benzene rings is 2. The zero-order chi connectivity index (χ0) is 44.5. The lowest BCUT2D eigenvalue weighted by atomic mass is 10.1. The molecule has 1 fully saturated rings. The highest BCUT2D eigenvalue weighted by Gasteiger charge is 2.25. The lowest BCUT2D eigenvalue weighted by molar-refractivity contribution is -0.300. The van der Waals surface area contributed by atoms with Gasteiger partial charge in [0.15, 0.2) is 9.39 Å². The van der Waals surface area contributed by atoms with E-state index in [9.17, 15) is 33.1 Å². The molecule has 58 heavy (non-hydrogen) atoms. The Morgan fingerprint density at radius 1 is 1.00 bits per heavy atom. The van der Waals surface area contributed by atoms with E-state index in [4.69, 9.17) is 4.74 Å². The van der Waals surface area contributed by atoms with Gasteiger partial charge in [0, 0.05) is 50.7 Å². The van der Waals surface area contributed by atoms with Crippen molar-refractivity contribution in [2.24, 2.45) is 5.92 Å². The van der Waals surface area contributed by atoms with Crippen LogP contribution in [0.25, 0.3) is 0 Å². The molecule has 3 rings (SSSR count). The van der Waals surface area contributed by atoms with Crippen molar-refractivity contribution in [1.29, 1.82) is 0 Å². The Bertz CT molecular complexity index is 1530. The van der Waals surface area contributed by atoms with Crippen LogP contribution in [0.4, 0.5) is 8.78 Å². The van der Waals surface area contributed by atoms with Crippen LogP contribution in [-0.2, 0) is 23.9 Å². The van der Waals surface area contributed by atoms with E-state index < -0.39 is 29.7 Å². The molecule has 15 heteroatoms. The summed E-state index contributed by atoms with van der Waals surface area (Å²) in [5.41, 5.74) is 3.15. The molecule has 0 saturated heterocycles. The van der Waals surface area contributed by atoms with Crippen molar-refractivity contribution in [3.8, 4) is 5.75 Å². The molecule has 5 N–H and O–H groups in total. The van der Waals surface area contributed by atoms with E-state index in [2.05, 4.69) is 69.1 Å². The highest BCUT2D eigenvalue weighted by Crippen LogP contribution is 2.24. The van der Waals surface area contributed by atoms with Crippen molar-refractivity contribution in [3.05, 3.63) is 102 Å². The Morgan fingerprint density at radius 3 is 2.02 bits per heavy atom. The number of rotatable bonds is 17. The minimum atomic E-state index is -0.927. The number of aryl methyl sites for hydroxylation is 1. The number of allylic oxidation sites excluding steroid dienone is 2. The fourth-order valence-electron chi connectivity index (χ4n) is 4.79. The Kier molecular flexibility index (Phi) is 32.7. The Hall–Kier alpha value is -4.78. The highest BCUT2D eigenvalue weighted by molar-refractivity contribution is 7.08. The summed E-state index contributed by atoms with van der Waals surface area (Å²) in [7, 11) is 6.94. The van der Waals surface area contributed by atoms with Crippen molar-refractivity contribution in [2.45, 2.75) is 84.5 Å². The maximum absolute atomic E-state index is 12.3. The van der Waals surface area contributed by atoms with Gasteiger partial charge in [-0.3, -0.25) is 19.2 Å². The van der Waals surface area contributed by atoms with Gasteiger partial charge in [0.25, 0.3) is 0 Å². The van der Waals surface area contributed by atoms with E-state index in [0.29, 0.717) is 0 Å². The topological polar surface area (TPSA) is 158 Å². The smallest absolute Gasteiger partial charge is 0.249 e. The molecule has 0 spiro atoms. The molecule has 4 unspecified atom stereocenters. The number of hydrogen-bond acceptors (Lipinski definition) is 7. The van der Waals surface area contributed by atoms with Gasteiger partial charge in [0.05, 0.1) is 25.8 Å². The molecule has 0 aliphatic heterocycles. The molecule has 324 valence electrons. The molecule has 4 atom stereocenters.